The molecule has 0 amide bonds. The van der Waals surface area contributed by atoms with E-state index in [0.29, 0.717) is 0 Å². The first-order chi connectivity index (χ1) is 10.8. The highest BCUT2D eigenvalue weighted by molar-refractivity contribution is 7.99. The summed E-state index contributed by atoms with van der Waals surface area (Å²) in [6.45, 7) is 5.39. The number of nitrogens with zero attached hydrogens (tertiary/aromatic N) is 3. The van der Waals surface area contributed by atoms with Crippen molar-refractivity contribution in [1.29, 1.82) is 0 Å². The number of aromatic nitrogens is 3. The summed E-state index contributed by atoms with van der Waals surface area (Å²) in [5.74, 6) is 2.92. The Kier molecular flexibility index (Phi) is 6.77. The summed E-state index contributed by atoms with van der Waals surface area (Å²) in [4.78, 5) is 0. The number of unbranched alkanes of at least 4 members (excludes halogenated alkanes) is 2. The van der Waals surface area contributed by atoms with Crippen LogP contribution in [0.15, 0.2) is 29.4 Å². The van der Waals surface area contributed by atoms with Gasteiger partial charge in [0.15, 0.2) is 11.0 Å². The first-order valence-corrected chi connectivity index (χ1v) is 8.99. The number of ether oxygens (including phenoxy) is 1. The Morgan fingerprint density at radius 3 is 2.41 bits per heavy atom. The average Bonchev–Trinajstić information content (AvgIpc) is 2.96. The van der Waals surface area contributed by atoms with Gasteiger partial charge in [-0.1, -0.05) is 38.5 Å². The molecule has 0 bridgehead atoms. The minimum atomic E-state index is 0.862. The lowest BCUT2D eigenvalue weighted by molar-refractivity contribution is 0.415. The van der Waals surface area contributed by atoms with Crippen LogP contribution in [0.5, 0.6) is 5.75 Å². The third-order valence-electron chi connectivity index (χ3n) is 3.53. The van der Waals surface area contributed by atoms with Gasteiger partial charge in [-0.15, -0.1) is 10.2 Å². The molecule has 2 rings (SSSR count). The van der Waals surface area contributed by atoms with Crippen LogP contribution < -0.4 is 4.74 Å². The van der Waals surface area contributed by atoms with Crippen molar-refractivity contribution in [3.05, 3.63) is 24.3 Å². The lowest BCUT2D eigenvalue weighted by Crippen LogP contribution is -2.03. The molecule has 0 aliphatic carbocycles. The van der Waals surface area contributed by atoms with Gasteiger partial charge in [-0.2, -0.15) is 0 Å². The molecule has 1 heterocycles. The summed E-state index contributed by atoms with van der Waals surface area (Å²) < 4.78 is 7.48. The summed E-state index contributed by atoms with van der Waals surface area (Å²) in [5.41, 5.74) is 1.09. The Balaban J connectivity index is 2.24. The van der Waals surface area contributed by atoms with E-state index in [2.05, 4.69) is 28.6 Å². The Hall–Kier alpha value is -1.49. The van der Waals surface area contributed by atoms with Crippen LogP contribution in [0.2, 0.25) is 0 Å². The highest BCUT2D eigenvalue weighted by atomic mass is 32.2. The molecule has 0 aliphatic rings. The lowest BCUT2D eigenvalue weighted by atomic mass is 10.2. The lowest BCUT2D eigenvalue weighted by Gasteiger charge is -2.10. The van der Waals surface area contributed by atoms with Crippen LogP contribution in [0, 0.1) is 0 Å². The predicted octanol–water partition coefficient (Wildman–Crippen LogP) is 4.65. The molecular formula is C17H25N3OS. The van der Waals surface area contributed by atoms with Gasteiger partial charge >= 0.3 is 0 Å². The summed E-state index contributed by atoms with van der Waals surface area (Å²) >= 11 is 1.81. The molecule has 1 aromatic carbocycles. The molecule has 0 radical (unpaired) electrons. The van der Waals surface area contributed by atoms with Crippen LogP contribution in [0.1, 0.15) is 39.5 Å². The van der Waals surface area contributed by atoms with E-state index in [4.69, 9.17) is 4.74 Å². The van der Waals surface area contributed by atoms with Crippen molar-refractivity contribution >= 4 is 11.8 Å². The van der Waals surface area contributed by atoms with Gasteiger partial charge in [0.05, 0.1) is 7.11 Å². The van der Waals surface area contributed by atoms with Crippen molar-refractivity contribution in [3.63, 3.8) is 0 Å². The zero-order valence-electron chi connectivity index (χ0n) is 13.7. The second-order valence-corrected chi connectivity index (χ2v) is 6.30. The van der Waals surface area contributed by atoms with Gasteiger partial charge in [0.1, 0.15) is 5.75 Å². The molecule has 5 heteroatoms. The van der Waals surface area contributed by atoms with E-state index in [9.17, 15) is 0 Å². The zero-order valence-corrected chi connectivity index (χ0v) is 14.5. The minimum absolute atomic E-state index is 0.862. The molecular weight excluding hydrogens is 294 g/mol. The monoisotopic (exact) mass is 319 g/mol. The molecule has 0 spiro atoms. The summed E-state index contributed by atoms with van der Waals surface area (Å²) in [6, 6.07) is 8.04. The highest BCUT2D eigenvalue weighted by Gasteiger charge is 2.13. The number of hydrogen-bond donors (Lipinski definition) is 0. The minimum Gasteiger partial charge on any atom is -0.497 e. The van der Waals surface area contributed by atoms with Crippen molar-refractivity contribution in [2.75, 3.05) is 12.9 Å². The van der Waals surface area contributed by atoms with Crippen LogP contribution >= 0.6 is 11.8 Å². The Bertz CT molecular complexity index is 566. The number of rotatable bonds is 9. The van der Waals surface area contributed by atoms with Crippen molar-refractivity contribution in [3.8, 4) is 17.1 Å². The van der Waals surface area contributed by atoms with Crippen molar-refractivity contribution < 1.29 is 4.74 Å². The van der Waals surface area contributed by atoms with Gasteiger partial charge in [-0.25, -0.2) is 0 Å². The first kappa shape index (κ1) is 16.9. The SMILES string of the molecule is CCCCSc1nnc(-c2ccc(OC)cc2)n1CCCC. The second kappa shape index (κ2) is 8.83. The van der Waals surface area contributed by atoms with E-state index in [1.54, 1.807) is 7.11 Å². The van der Waals surface area contributed by atoms with Crippen LogP contribution in [0.3, 0.4) is 0 Å². The third kappa shape index (κ3) is 4.26. The normalized spacial score (nSPS) is 10.9. The molecule has 0 atom stereocenters. The van der Waals surface area contributed by atoms with Crippen LogP contribution in [0.4, 0.5) is 0 Å². The van der Waals surface area contributed by atoms with Gasteiger partial charge in [-0.05, 0) is 37.1 Å². The molecule has 120 valence electrons. The molecule has 0 saturated carbocycles. The fraction of sp³-hybridized carbons (Fsp3) is 0.529. The Labute approximate surface area is 137 Å². The van der Waals surface area contributed by atoms with Crippen molar-refractivity contribution in [1.82, 2.24) is 14.8 Å². The van der Waals surface area contributed by atoms with E-state index in [-0.39, 0.29) is 0 Å². The van der Waals surface area contributed by atoms with Crippen LogP contribution in [-0.2, 0) is 6.54 Å². The molecule has 2 aromatic rings. The van der Waals surface area contributed by atoms with Crippen LogP contribution in [-0.4, -0.2) is 27.6 Å². The molecule has 0 aliphatic heterocycles. The van der Waals surface area contributed by atoms with Crippen LogP contribution in [0.25, 0.3) is 11.4 Å². The molecule has 4 nitrogen and oxygen atoms in total. The topological polar surface area (TPSA) is 39.9 Å². The van der Waals surface area contributed by atoms with E-state index < -0.39 is 0 Å². The average molecular weight is 319 g/mol. The predicted molar refractivity (Wildman–Crippen MR) is 92.6 cm³/mol. The van der Waals surface area contributed by atoms with Gasteiger partial charge in [0, 0.05) is 17.9 Å². The summed E-state index contributed by atoms with van der Waals surface area (Å²) in [5, 5.41) is 9.86. The molecule has 22 heavy (non-hydrogen) atoms. The maximum Gasteiger partial charge on any atom is 0.191 e. The van der Waals surface area contributed by atoms with E-state index in [0.717, 1.165) is 41.0 Å². The third-order valence-corrected chi connectivity index (χ3v) is 4.58. The van der Waals surface area contributed by atoms with Gasteiger partial charge < -0.3 is 9.30 Å². The summed E-state index contributed by atoms with van der Waals surface area (Å²) in [6.07, 6.45) is 4.73. The fourth-order valence-corrected chi connectivity index (χ4v) is 3.22. The van der Waals surface area contributed by atoms with Gasteiger partial charge in [0.25, 0.3) is 0 Å². The number of methoxy groups -OCH3 is 1. The standard InChI is InChI=1S/C17H25N3OS/c1-4-6-12-20-16(14-8-10-15(21-3)11-9-14)18-19-17(20)22-13-7-5-2/h8-11H,4-7,12-13H2,1-3H3. The Morgan fingerprint density at radius 2 is 1.77 bits per heavy atom. The molecule has 0 N–H and O–H groups in total. The number of thioether (sulfide) groups is 1. The second-order valence-electron chi connectivity index (χ2n) is 5.24. The molecule has 1 aromatic heterocycles. The summed E-state index contributed by atoms with van der Waals surface area (Å²) in [7, 11) is 1.68. The fourth-order valence-electron chi connectivity index (χ4n) is 2.17. The first-order valence-electron chi connectivity index (χ1n) is 8.00. The zero-order chi connectivity index (χ0) is 15.8. The molecule has 0 fully saturated rings. The van der Waals surface area contributed by atoms with Gasteiger partial charge in [0.2, 0.25) is 0 Å². The van der Waals surface area contributed by atoms with E-state index in [1.165, 1.54) is 19.3 Å². The smallest absolute Gasteiger partial charge is 0.191 e. The largest absolute Gasteiger partial charge is 0.497 e. The van der Waals surface area contributed by atoms with Gasteiger partial charge in [-0.3, -0.25) is 0 Å². The van der Waals surface area contributed by atoms with E-state index >= 15 is 0 Å². The molecule has 0 unspecified atom stereocenters. The number of benzene rings is 1. The maximum atomic E-state index is 5.22. The Morgan fingerprint density at radius 1 is 1.05 bits per heavy atom. The highest BCUT2D eigenvalue weighted by Crippen LogP contribution is 2.26. The quantitative estimate of drug-likeness (QED) is 0.498. The maximum absolute atomic E-state index is 5.22. The van der Waals surface area contributed by atoms with E-state index in [1.807, 2.05) is 36.0 Å². The molecule has 0 saturated heterocycles. The van der Waals surface area contributed by atoms with Crippen molar-refractivity contribution in [2.24, 2.45) is 0 Å². The van der Waals surface area contributed by atoms with Crippen molar-refractivity contribution in [2.45, 2.75) is 51.2 Å². The number of hydrogen-bond acceptors (Lipinski definition) is 4.